The van der Waals surface area contributed by atoms with Crippen LogP contribution in [-0.4, -0.2) is 41.9 Å². The monoisotopic (exact) mass is 806 g/mol. The molecular formula is C49H91NO5S. The van der Waals surface area contributed by atoms with Crippen molar-refractivity contribution in [3.8, 4) is 0 Å². The molecule has 2 atom stereocenters. The number of nitrogens with one attached hydrogen (secondary N) is 1. The van der Waals surface area contributed by atoms with Crippen molar-refractivity contribution in [1.82, 2.24) is 5.32 Å². The van der Waals surface area contributed by atoms with Gasteiger partial charge in [-0.2, -0.15) is 8.42 Å². The Labute approximate surface area is 348 Å². The smallest absolute Gasteiger partial charge is 0.267 e. The Morgan fingerprint density at radius 2 is 0.804 bits per heavy atom. The Morgan fingerprint density at radius 1 is 0.482 bits per heavy atom. The number of aliphatic hydroxyl groups is 1. The molecule has 0 spiro atoms. The summed E-state index contributed by atoms with van der Waals surface area (Å²) < 4.78 is 32.6. The molecule has 6 nitrogen and oxygen atoms in total. The van der Waals surface area contributed by atoms with Crippen molar-refractivity contribution < 1.29 is 22.9 Å². The molecule has 0 aromatic carbocycles. The second-order valence-corrected chi connectivity index (χ2v) is 17.9. The molecular weight excluding hydrogens is 715 g/mol. The van der Waals surface area contributed by atoms with E-state index in [9.17, 15) is 22.9 Å². The van der Waals surface area contributed by atoms with Gasteiger partial charge in [0.15, 0.2) is 0 Å². The highest BCUT2D eigenvalue weighted by Gasteiger charge is 2.24. The molecule has 2 unspecified atom stereocenters. The number of hydrogen-bond acceptors (Lipinski definition) is 4. The van der Waals surface area contributed by atoms with Gasteiger partial charge in [0.05, 0.1) is 17.9 Å². The average Bonchev–Trinajstić information content (AvgIpc) is 3.16. The van der Waals surface area contributed by atoms with Gasteiger partial charge < -0.3 is 10.4 Å². The molecule has 7 heteroatoms. The zero-order chi connectivity index (χ0) is 41.1. The van der Waals surface area contributed by atoms with E-state index in [1.54, 1.807) is 6.08 Å². The number of hydrogen-bond donors (Lipinski definition) is 3. The van der Waals surface area contributed by atoms with Crippen LogP contribution in [0.2, 0.25) is 0 Å². The van der Waals surface area contributed by atoms with Gasteiger partial charge in [-0.15, -0.1) is 0 Å². The number of carbonyl (C=O) groups is 1. The predicted molar refractivity (Wildman–Crippen MR) is 244 cm³/mol. The SMILES string of the molecule is CCCCCCC/C=C\C/C=C\C/C=C\CCCCCCCCCCC(=O)NC(CS(=O)(=O)O)C(O)/C=C/CCCCCCCCCCCCCCCCCC. The molecule has 0 radical (unpaired) electrons. The summed E-state index contributed by atoms with van der Waals surface area (Å²) in [5.74, 6) is -0.985. The van der Waals surface area contributed by atoms with Gasteiger partial charge in [0.1, 0.15) is 0 Å². The lowest BCUT2D eigenvalue weighted by Gasteiger charge is -2.21. The summed E-state index contributed by atoms with van der Waals surface area (Å²) in [4.78, 5) is 12.6. The summed E-state index contributed by atoms with van der Waals surface area (Å²) in [6.07, 6.45) is 58.1. The minimum atomic E-state index is -4.35. The summed E-state index contributed by atoms with van der Waals surface area (Å²) in [5, 5.41) is 13.3. The third-order valence-electron chi connectivity index (χ3n) is 10.7. The molecule has 56 heavy (non-hydrogen) atoms. The Kier molecular flexibility index (Phi) is 41.6. The van der Waals surface area contributed by atoms with Crippen molar-refractivity contribution in [2.45, 2.75) is 251 Å². The molecule has 0 rings (SSSR count). The van der Waals surface area contributed by atoms with Gasteiger partial charge in [-0.25, -0.2) is 0 Å². The van der Waals surface area contributed by atoms with Crippen molar-refractivity contribution in [3.05, 3.63) is 48.6 Å². The fraction of sp³-hybridized carbons (Fsp3) is 0.816. The van der Waals surface area contributed by atoms with Crippen molar-refractivity contribution in [3.63, 3.8) is 0 Å². The first-order chi connectivity index (χ1) is 27.3. The van der Waals surface area contributed by atoms with Crippen LogP contribution in [0.1, 0.15) is 239 Å². The molecule has 0 aliphatic heterocycles. The van der Waals surface area contributed by atoms with Crippen LogP contribution in [-0.2, 0) is 14.9 Å². The molecule has 328 valence electrons. The summed E-state index contributed by atoms with van der Waals surface area (Å²) in [6.45, 7) is 4.53. The van der Waals surface area contributed by atoms with Crippen LogP contribution in [0.15, 0.2) is 48.6 Å². The van der Waals surface area contributed by atoms with Crippen LogP contribution in [0.25, 0.3) is 0 Å². The third-order valence-corrected chi connectivity index (χ3v) is 11.5. The maximum atomic E-state index is 12.6. The van der Waals surface area contributed by atoms with Gasteiger partial charge in [0.2, 0.25) is 5.91 Å². The molecule has 0 aromatic rings. The topological polar surface area (TPSA) is 104 Å². The summed E-state index contributed by atoms with van der Waals surface area (Å²) in [6, 6.07) is -1.06. The summed E-state index contributed by atoms with van der Waals surface area (Å²) in [7, 11) is -4.35. The Balaban J connectivity index is 3.86. The van der Waals surface area contributed by atoms with Gasteiger partial charge >= 0.3 is 0 Å². The van der Waals surface area contributed by atoms with E-state index in [0.717, 1.165) is 64.2 Å². The summed E-state index contributed by atoms with van der Waals surface area (Å²) in [5.41, 5.74) is 0. The first-order valence-electron chi connectivity index (χ1n) is 23.8. The molecule has 0 aromatic heterocycles. The lowest BCUT2D eigenvalue weighted by Crippen LogP contribution is -2.46. The van der Waals surface area contributed by atoms with Crippen molar-refractivity contribution in [2.75, 3.05) is 5.75 Å². The third kappa shape index (κ3) is 43.4. The van der Waals surface area contributed by atoms with E-state index < -0.39 is 28.0 Å². The van der Waals surface area contributed by atoms with Crippen molar-refractivity contribution >= 4 is 16.0 Å². The van der Waals surface area contributed by atoms with E-state index in [0.29, 0.717) is 0 Å². The van der Waals surface area contributed by atoms with Crippen LogP contribution < -0.4 is 5.32 Å². The molecule has 0 bridgehead atoms. The van der Waals surface area contributed by atoms with Crippen LogP contribution in [0.3, 0.4) is 0 Å². The number of amides is 1. The largest absolute Gasteiger partial charge is 0.387 e. The van der Waals surface area contributed by atoms with Gasteiger partial charge in [0.25, 0.3) is 10.1 Å². The lowest BCUT2D eigenvalue weighted by molar-refractivity contribution is -0.122. The average molecular weight is 806 g/mol. The van der Waals surface area contributed by atoms with Crippen LogP contribution >= 0.6 is 0 Å². The molecule has 1 amide bonds. The highest BCUT2D eigenvalue weighted by Crippen LogP contribution is 2.15. The van der Waals surface area contributed by atoms with E-state index >= 15 is 0 Å². The van der Waals surface area contributed by atoms with E-state index in [1.807, 2.05) is 6.08 Å². The predicted octanol–water partition coefficient (Wildman–Crippen LogP) is 14.6. The van der Waals surface area contributed by atoms with E-state index in [2.05, 4.69) is 55.6 Å². The van der Waals surface area contributed by atoms with Crippen molar-refractivity contribution in [2.24, 2.45) is 0 Å². The molecule has 0 aliphatic rings. The van der Waals surface area contributed by atoms with Crippen molar-refractivity contribution in [1.29, 1.82) is 0 Å². The Bertz CT molecular complexity index is 1070. The lowest BCUT2D eigenvalue weighted by atomic mass is 10.0. The first-order valence-corrected chi connectivity index (χ1v) is 25.4. The fourth-order valence-corrected chi connectivity index (χ4v) is 7.90. The van der Waals surface area contributed by atoms with Gasteiger partial charge in [-0.3, -0.25) is 9.35 Å². The quantitative estimate of drug-likeness (QED) is 0.0323. The number of unbranched alkanes of at least 4 members (excludes halogenated alkanes) is 29. The number of carbonyl (C=O) groups excluding carboxylic acids is 1. The molecule has 3 N–H and O–H groups in total. The standard InChI is InChI=1S/C49H91NO5S/c1-3-5-7-9-11-13-15-17-19-21-23-24-25-26-27-29-31-33-35-37-39-41-43-45-49(52)50-47(46-56(53,54)55)48(51)44-42-40-38-36-34-32-30-28-22-20-18-16-14-12-10-8-6-4-2/h15,17,21,23,25-26,42,44,47-48,51H,3-14,16,18-20,22,24,27-41,43,45-46H2,1-2H3,(H,50,52)(H,53,54,55)/b17-15-,23-21-,26-25-,44-42+. The van der Waals surface area contributed by atoms with Gasteiger partial charge in [-0.05, 0) is 57.8 Å². The number of rotatable bonds is 43. The maximum absolute atomic E-state index is 12.6. The molecule has 0 aliphatic carbocycles. The van der Waals surface area contributed by atoms with E-state index in [-0.39, 0.29) is 12.3 Å². The highest BCUT2D eigenvalue weighted by molar-refractivity contribution is 7.85. The number of aliphatic hydroxyl groups excluding tert-OH is 1. The fourth-order valence-electron chi connectivity index (χ4n) is 7.16. The normalized spacial score (nSPS) is 13.6. The maximum Gasteiger partial charge on any atom is 0.267 e. The minimum absolute atomic E-state index is 0.284. The van der Waals surface area contributed by atoms with Gasteiger partial charge in [0, 0.05) is 6.42 Å². The highest BCUT2D eigenvalue weighted by atomic mass is 32.2. The molecule has 0 heterocycles. The Morgan fingerprint density at radius 3 is 1.18 bits per heavy atom. The van der Waals surface area contributed by atoms with Crippen LogP contribution in [0.5, 0.6) is 0 Å². The van der Waals surface area contributed by atoms with Crippen LogP contribution in [0.4, 0.5) is 0 Å². The van der Waals surface area contributed by atoms with E-state index in [4.69, 9.17) is 0 Å². The van der Waals surface area contributed by atoms with E-state index in [1.165, 1.54) is 154 Å². The summed E-state index contributed by atoms with van der Waals surface area (Å²) >= 11 is 0. The molecule has 0 saturated heterocycles. The Hall–Kier alpha value is -1.70. The van der Waals surface area contributed by atoms with Gasteiger partial charge in [-0.1, -0.05) is 223 Å². The zero-order valence-electron chi connectivity index (χ0n) is 36.8. The first kappa shape index (κ1) is 54.3. The molecule has 0 saturated carbocycles. The number of allylic oxidation sites excluding steroid dienone is 7. The second-order valence-electron chi connectivity index (χ2n) is 16.4. The molecule has 0 fully saturated rings. The zero-order valence-corrected chi connectivity index (χ0v) is 37.6. The second kappa shape index (κ2) is 42.9. The minimum Gasteiger partial charge on any atom is -0.387 e. The van der Waals surface area contributed by atoms with Crippen LogP contribution in [0, 0.1) is 0 Å².